The average Bonchev–Trinajstić information content (AvgIpc) is 2.74. The number of sulfonamides is 1. The van der Waals surface area contributed by atoms with E-state index in [1.54, 1.807) is 12.1 Å². The van der Waals surface area contributed by atoms with Crippen molar-refractivity contribution in [3.05, 3.63) is 66.2 Å². The highest BCUT2D eigenvalue weighted by Crippen LogP contribution is 2.11. The highest BCUT2D eigenvalue weighted by Gasteiger charge is 2.26. The van der Waals surface area contributed by atoms with Gasteiger partial charge in [0.25, 0.3) is 5.91 Å². The van der Waals surface area contributed by atoms with Crippen molar-refractivity contribution in [3.8, 4) is 5.75 Å². The molecular formula is C21H27N3O4S. The van der Waals surface area contributed by atoms with Gasteiger partial charge in [0.15, 0.2) is 6.61 Å². The van der Waals surface area contributed by atoms with Crippen molar-refractivity contribution >= 4 is 15.9 Å². The van der Waals surface area contributed by atoms with Gasteiger partial charge in [0.2, 0.25) is 10.0 Å². The smallest absolute Gasteiger partial charge is 0.257 e. The normalized spacial score (nSPS) is 15.7. The van der Waals surface area contributed by atoms with Gasteiger partial charge in [0, 0.05) is 39.3 Å². The van der Waals surface area contributed by atoms with E-state index in [9.17, 15) is 13.2 Å². The first-order valence-electron chi connectivity index (χ1n) is 9.71. The number of carbonyl (C=O) groups excluding carboxylic acids is 1. The summed E-state index contributed by atoms with van der Waals surface area (Å²) in [5, 5.41) is 2.61. The first-order chi connectivity index (χ1) is 14.0. The van der Waals surface area contributed by atoms with Crippen molar-refractivity contribution < 1.29 is 17.9 Å². The Kier molecular flexibility index (Phi) is 7.62. The SMILES string of the molecule is O=C(COc1ccccc1)NCCS(=O)(=O)N1CCN(Cc2ccccc2)CC1. The van der Waals surface area contributed by atoms with Crippen LogP contribution in [0.1, 0.15) is 5.56 Å². The van der Waals surface area contributed by atoms with Crippen molar-refractivity contribution in [1.82, 2.24) is 14.5 Å². The molecule has 0 radical (unpaired) electrons. The third-order valence-corrected chi connectivity index (χ3v) is 6.64. The molecule has 7 nitrogen and oxygen atoms in total. The summed E-state index contributed by atoms with van der Waals surface area (Å²) in [4.78, 5) is 14.1. The van der Waals surface area contributed by atoms with Crippen LogP contribution in [0.15, 0.2) is 60.7 Å². The van der Waals surface area contributed by atoms with Crippen LogP contribution in [0, 0.1) is 0 Å². The van der Waals surface area contributed by atoms with Gasteiger partial charge in [-0.25, -0.2) is 8.42 Å². The van der Waals surface area contributed by atoms with Crippen LogP contribution in [0.3, 0.4) is 0 Å². The molecule has 0 bridgehead atoms. The third kappa shape index (κ3) is 6.85. The highest BCUT2D eigenvalue weighted by molar-refractivity contribution is 7.89. The molecule has 1 saturated heterocycles. The fourth-order valence-corrected chi connectivity index (χ4v) is 4.51. The minimum absolute atomic E-state index is 0.0730. The van der Waals surface area contributed by atoms with Crippen LogP contribution < -0.4 is 10.1 Å². The van der Waals surface area contributed by atoms with E-state index in [0.717, 1.165) is 6.54 Å². The number of nitrogens with zero attached hydrogens (tertiary/aromatic N) is 2. The number of piperazine rings is 1. The van der Waals surface area contributed by atoms with Gasteiger partial charge >= 0.3 is 0 Å². The maximum absolute atomic E-state index is 12.5. The van der Waals surface area contributed by atoms with Gasteiger partial charge in [-0.1, -0.05) is 48.5 Å². The zero-order chi connectivity index (χ0) is 20.5. The second kappa shape index (κ2) is 10.4. The Labute approximate surface area is 172 Å². The van der Waals surface area contributed by atoms with E-state index in [-0.39, 0.29) is 24.8 Å². The van der Waals surface area contributed by atoms with Gasteiger partial charge in [-0.15, -0.1) is 0 Å². The second-order valence-corrected chi connectivity index (χ2v) is 9.02. The van der Waals surface area contributed by atoms with Crippen molar-refractivity contribution in [1.29, 1.82) is 0 Å². The minimum atomic E-state index is -3.39. The molecule has 1 N–H and O–H groups in total. The summed E-state index contributed by atoms with van der Waals surface area (Å²) < 4.78 is 31.9. The van der Waals surface area contributed by atoms with E-state index in [4.69, 9.17) is 4.74 Å². The molecule has 1 fully saturated rings. The molecule has 1 aliphatic heterocycles. The molecule has 8 heteroatoms. The van der Waals surface area contributed by atoms with Gasteiger partial charge in [0.1, 0.15) is 5.75 Å². The number of hydrogen-bond donors (Lipinski definition) is 1. The van der Waals surface area contributed by atoms with E-state index in [1.165, 1.54) is 9.87 Å². The second-order valence-electron chi connectivity index (χ2n) is 6.93. The Morgan fingerprint density at radius 3 is 2.21 bits per heavy atom. The molecule has 2 aromatic carbocycles. The summed E-state index contributed by atoms with van der Waals surface area (Å²) in [7, 11) is -3.39. The maximum Gasteiger partial charge on any atom is 0.257 e. The first-order valence-corrected chi connectivity index (χ1v) is 11.3. The monoisotopic (exact) mass is 417 g/mol. The molecule has 1 aliphatic rings. The lowest BCUT2D eigenvalue weighted by atomic mass is 10.2. The summed E-state index contributed by atoms with van der Waals surface area (Å²) in [5.74, 6) is 0.156. The van der Waals surface area contributed by atoms with Gasteiger partial charge < -0.3 is 10.1 Å². The standard InChI is InChI=1S/C21H27N3O4S/c25-21(18-28-20-9-5-2-6-10-20)22-11-16-29(26,27)24-14-12-23(13-15-24)17-19-7-3-1-4-8-19/h1-10H,11-18H2,(H,22,25). The zero-order valence-electron chi connectivity index (χ0n) is 16.4. The largest absolute Gasteiger partial charge is 0.484 e. The molecule has 0 spiro atoms. The van der Waals surface area contributed by atoms with Crippen LogP contribution in [0.4, 0.5) is 0 Å². The van der Waals surface area contributed by atoms with Crippen LogP contribution in [0.5, 0.6) is 5.75 Å². The van der Waals surface area contributed by atoms with Crippen LogP contribution in [-0.2, 0) is 21.4 Å². The van der Waals surface area contributed by atoms with E-state index in [2.05, 4.69) is 22.3 Å². The number of nitrogens with one attached hydrogen (secondary N) is 1. The Morgan fingerprint density at radius 1 is 0.931 bits per heavy atom. The summed E-state index contributed by atoms with van der Waals surface area (Å²) in [6, 6.07) is 19.2. The summed E-state index contributed by atoms with van der Waals surface area (Å²) in [6.45, 7) is 3.11. The fourth-order valence-electron chi connectivity index (χ4n) is 3.17. The average molecular weight is 418 g/mol. The van der Waals surface area contributed by atoms with E-state index in [0.29, 0.717) is 31.9 Å². The van der Waals surface area contributed by atoms with Crippen LogP contribution >= 0.6 is 0 Å². The Hall–Kier alpha value is -2.42. The Balaban J connectivity index is 1.36. The lowest BCUT2D eigenvalue weighted by molar-refractivity contribution is -0.122. The minimum Gasteiger partial charge on any atom is -0.484 e. The van der Waals surface area contributed by atoms with E-state index < -0.39 is 10.0 Å². The van der Waals surface area contributed by atoms with E-state index >= 15 is 0 Å². The molecular weight excluding hydrogens is 390 g/mol. The molecule has 0 unspecified atom stereocenters. The summed E-state index contributed by atoms with van der Waals surface area (Å²) in [6.07, 6.45) is 0. The Bertz CT molecular complexity index is 867. The van der Waals surface area contributed by atoms with Crippen LogP contribution in [-0.4, -0.2) is 68.6 Å². The first kappa shape index (κ1) is 21.3. The molecule has 0 atom stereocenters. The van der Waals surface area contributed by atoms with Gasteiger partial charge in [-0.05, 0) is 17.7 Å². The molecule has 0 saturated carbocycles. The van der Waals surface area contributed by atoms with Gasteiger partial charge in [0.05, 0.1) is 5.75 Å². The molecule has 0 aliphatic carbocycles. The number of carbonyl (C=O) groups is 1. The van der Waals surface area contributed by atoms with Crippen LogP contribution in [0.2, 0.25) is 0 Å². The maximum atomic E-state index is 12.5. The molecule has 29 heavy (non-hydrogen) atoms. The molecule has 2 aromatic rings. The predicted octanol–water partition coefficient (Wildman–Crippen LogP) is 1.33. The quantitative estimate of drug-likeness (QED) is 0.666. The third-order valence-electron chi connectivity index (χ3n) is 4.77. The molecule has 0 aromatic heterocycles. The molecule has 1 amide bonds. The lowest BCUT2D eigenvalue weighted by Crippen LogP contribution is -2.49. The number of para-hydroxylation sites is 1. The number of amides is 1. The van der Waals surface area contributed by atoms with Crippen molar-refractivity contribution in [2.45, 2.75) is 6.54 Å². The topological polar surface area (TPSA) is 78.9 Å². The molecule has 3 rings (SSSR count). The zero-order valence-corrected chi connectivity index (χ0v) is 17.2. The Morgan fingerprint density at radius 2 is 1.55 bits per heavy atom. The number of benzene rings is 2. The van der Waals surface area contributed by atoms with Gasteiger partial charge in [-0.3, -0.25) is 9.69 Å². The molecule has 1 heterocycles. The van der Waals surface area contributed by atoms with Crippen LogP contribution in [0.25, 0.3) is 0 Å². The van der Waals surface area contributed by atoms with E-state index in [1.807, 2.05) is 36.4 Å². The summed E-state index contributed by atoms with van der Waals surface area (Å²) >= 11 is 0. The predicted molar refractivity (Wildman–Crippen MR) is 112 cm³/mol. The summed E-state index contributed by atoms with van der Waals surface area (Å²) in [5.41, 5.74) is 1.23. The lowest BCUT2D eigenvalue weighted by Gasteiger charge is -2.34. The molecule has 156 valence electrons. The number of ether oxygens (including phenoxy) is 1. The van der Waals surface area contributed by atoms with Crippen molar-refractivity contribution in [2.24, 2.45) is 0 Å². The highest BCUT2D eigenvalue weighted by atomic mass is 32.2. The van der Waals surface area contributed by atoms with Gasteiger partial charge in [-0.2, -0.15) is 4.31 Å². The fraction of sp³-hybridized carbons (Fsp3) is 0.381. The van der Waals surface area contributed by atoms with Crippen molar-refractivity contribution in [3.63, 3.8) is 0 Å². The van der Waals surface area contributed by atoms with Crippen molar-refractivity contribution in [2.75, 3.05) is 45.1 Å². The number of rotatable bonds is 9. The number of hydrogen-bond acceptors (Lipinski definition) is 5.